The summed E-state index contributed by atoms with van der Waals surface area (Å²) in [6.45, 7) is 0. The number of nitrogens with zero attached hydrogens (tertiary/aromatic N) is 2. The van der Waals surface area contributed by atoms with Crippen molar-refractivity contribution in [2.45, 2.75) is 12.4 Å². The zero-order valence-electron chi connectivity index (χ0n) is 9.13. The second-order valence-corrected chi connectivity index (χ2v) is 3.65. The van der Waals surface area contributed by atoms with Gasteiger partial charge in [0.2, 0.25) is 0 Å². The molecule has 0 radical (unpaired) electrons. The van der Waals surface area contributed by atoms with Crippen LogP contribution in [0.15, 0.2) is 36.7 Å². The molecule has 2 nitrogen and oxygen atoms in total. The van der Waals surface area contributed by atoms with Crippen molar-refractivity contribution in [3.63, 3.8) is 0 Å². The molecule has 19 heavy (non-hydrogen) atoms. The molecule has 0 unspecified atom stereocenters. The molecule has 2 rings (SSSR count). The van der Waals surface area contributed by atoms with Crippen molar-refractivity contribution in [2.75, 3.05) is 0 Å². The van der Waals surface area contributed by atoms with Gasteiger partial charge < -0.3 is 0 Å². The van der Waals surface area contributed by atoms with Crippen LogP contribution in [0.1, 0.15) is 11.1 Å². The van der Waals surface area contributed by atoms with Gasteiger partial charge in [-0.15, -0.1) is 0 Å². The molecule has 0 N–H and O–H groups in total. The average molecular weight is 280 g/mol. The molecule has 0 atom stereocenters. The van der Waals surface area contributed by atoms with Crippen LogP contribution in [0, 0.1) is 0 Å². The van der Waals surface area contributed by atoms with Crippen molar-refractivity contribution in [1.82, 2.24) is 9.78 Å². The number of alkyl halides is 6. The van der Waals surface area contributed by atoms with Gasteiger partial charge in [-0.05, 0) is 18.2 Å². The molecule has 0 saturated carbocycles. The standard InChI is InChI=1S/C11H6F6N2/c12-10(13,14)7-3-1-4-8(9(7)11(15,16)17)19-6-2-5-18-19/h1-6H. The molecule has 0 bridgehead atoms. The highest BCUT2D eigenvalue weighted by atomic mass is 19.4. The Morgan fingerprint density at radius 1 is 0.895 bits per heavy atom. The van der Waals surface area contributed by atoms with Crippen molar-refractivity contribution < 1.29 is 26.3 Å². The van der Waals surface area contributed by atoms with Gasteiger partial charge in [0.15, 0.2) is 0 Å². The molecule has 0 spiro atoms. The maximum atomic E-state index is 12.9. The van der Waals surface area contributed by atoms with E-state index in [1.807, 2.05) is 0 Å². The molecular weight excluding hydrogens is 274 g/mol. The van der Waals surface area contributed by atoms with Gasteiger partial charge in [-0.3, -0.25) is 0 Å². The summed E-state index contributed by atoms with van der Waals surface area (Å²) in [5, 5.41) is 3.53. The fourth-order valence-corrected chi connectivity index (χ4v) is 1.68. The molecule has 0 aliphatic rings. The third-order valence-electron chi connectivity index (χ3n) is 2.38. The van der Waals surface area contributed by atoms with Gasteiger partial charge in [-0.1, -0.05) is 6.07 Å². The lowest BCUT2D eigenvalue weighted by atomic mass is 10.0. The van der Waals surface area contributed by atoms with E-state index in [4.69, 9.17) is 0 Å². The van der Waals surface area contributed by atoms with Crippen LogP contribution in [0.25, 0.3) is 5.69 Å². The quantitative estimate of drug-likeness (QED) is 0.724. The zero-order chi connectivity index (χ0) is 14.3. The van der Waals surface area contributed by atoms with Crippen LogP contribution in [0.2, 0.25) is 0 Å². The second-order valence-electron chi connectivity index (χ2n) is 3.65. The molecule has 1 aromatic heterocycles. The number of hydrogen-bond acceptors (Lipinski definition) is 1. The summed E-state index contributed by atoms with van der Waals surface area (Å²) < 4.78 is 77.4. The summed E-state index contributed by atoms with van der Waals surface area (Å²) >= 11 is 0. The molecule has 1 aromatic carbocycles. The van der Waals surface area contributed by atoms with Crippen LogP contribution in [0.3, 0.4) is 0 Å². The van der Waals surface area contributed by atoms with Crippen LogP contribution < -0.4 is 0 Å². The number of benzene rings is 1. The van der Waals surface area contributed by atoms with Gasteiger partial charge in [0.1, 0.15) is 0 Å². The SMILES string of the molecule is FC(F)(F)c1cccc(-n2cccn2)c1C(F)(F)F. The fourth-order valence-electron chi connectivity index (χ4n) is 1.68. The lowest BCUT2D eigenvalue weighted by molar-refractivity contribution is -0.162. The van der Waals surface area contributed by atoms with Gasteiger partial charge in [0.25, 0.3) is 0 Å². The van der Waals surface area contributed by atoms with E-state index in [9.17, 15) is 26.3 Å². The Bertz CT molecular complexity index is 568. The predicted octanol–water partition coefficient (Wildman–Crippen LogP) is 3.91. The monoisotopic (exact) mass is 280 g/mol. The Balaban J connectivity index is 2.76. The number of hydrogen-bond donors (Lipinski definition) is 0. The minimum absolute atomic E-state index is 0.399. The average Bonchev–Trinajstić information content (AvgIpc) is 2.79. The third kappa shape index (κ3) is 2.56. The summed E-state index contributed by atoms with van der Waals surface area (Å²) in [5.41, 5.74) is -4.13. The normalized spacial score (nSPS) is 12.7. The highest BCUT2D eigenvalue weighted by molar-refractivity contribution is 5.48. The van der Waals surface area contributed by atoms with Gasteiger partial charge in [-0.2, -0.15) is 31.4 Å². The summed E-state index contributed by atoms with van der Waals surface area (Å²) in [6.07, 6.45) is -7.90. The number of halogens is 6. The molecule has 0 saturated heterocycles. The summed E-state index contributed by atoms with van der Waals surface area (Å²) in [5.74, 6) is 0. The molecule has 0 amide bonds. The largest absolute Gasteiger partial charge is 0.419 e. The van der Waals surface area contributed by atoms with Crippen molar-refractivity contribution >= 4 is 0 Å². The van der Waals surface area contributed by atoms with Crippen LogP contribution in [0.4, 0.5) is 26.3 Å². The van der Waals surface area contributed by atoms with Gasteiger partial charge in [-0.25, -0.2) is 4.68 Å². The van der Waals surface area contributed by atoms with Crippen LogP contribution in [0.5, 0.6) is 0 Å². The van der Waals surface area contributed by atoms with Crippen LogP contribution >= 0.6 is 0 Å². The molecule has 102 valence electrons. The van der Waals surface area contributed by atoms with E-state index in [1.54, 1.807) is 0 Å². The lowest BCUT2D eigenvalue weighted by Gasteiger charge is -2.18. The van der Waals surface area contributed by atoms with Gasteiger partial charge >= 0.3 is 12.4 Å². The van der Waals surface area contributed by atoms with Gasteiger partial charge in [0.05, 0.1) is 16.8 Å². The van der Waals surface area contributed by atoms with Crippen molar-refractivity contribution in [3.8, 4) is 5.69 Å². The first-order chi connectivity index (χ1) is 8.71. The van der Waals surface area contributed by atoms with Crippen molar-refractivity contribution in [3.05, 3.63) is 47.8 Å². The van der Waals surface area contributed by atoms with Crippen LogP contribution in [-0.4, -0.2) is 9.78 Å². The smallest absolute Gasteiger partial charge is 0.240 e. The van der Waals surface area contributed by atoms with Crippen molar-refractivity contribution in [2.24, 2.45) is 0 Å². The van der Waals surface area contributed by atoms with E-state index in [1.165, 1.54) is 12.3 Å². The highest BCUT2D eigenvalue weighted by Crippen LogP contribution is 2.42. The topological polar surface area (TPSA) is 17.8 Å². The summed E-state index contributed by atoms with van der Waals surface area (Å²) in [4.78, 5) is 0. The number of rotatable bonds is 1. The molecule has 0 fully saturated rings. The Labute approximate surface area is 103 Å². The first-order valence-electron chi connectivity index (χ1n) is 4.98. The molecule has 2 aromatic rings. The second kappa shape index (κ2) is 4.29. The van der Waals surface area contributed by atoms with E-state index in [2.05, 4.69) is 5.10 Å². The zero-order valence-corrected chi connectivity index (χ0v) is 9.13. The van der Waals surface area contributed by atoms with Crippen LogP contribution in [-0.2, 0) is 12.4 Å². The lowest BCUT2D eigenvalue weighted by Crippen LogP contribution is -2.19. The maximum Gasteiger partial charge on any atom is 0.419 e. The first kappa shape index (κ1) is 13.4. The number of aromatic nitrogens is 2. The summed E-state index contributed by atoms with van der Waals surface area (Å²) in [6, 6.07) is 3.57. The molecule has 8 heteroatoms. The summed E-state index contributed by atoms with van der Waals surface area (Å²) in [7, 11) is 0. The van der Waals surface area contributed by atoms with E-state index >= 15 is 0 Å². The Morgan fingerprint density at radius 3 is 2.05 bits per heavy atom. The Kier molecular flexibility index (Phi) is 3.03. The fraction of sp³-hybridized carbons (Fsp3) is 0.182. The van der Waals surface area contributed by atoms with Gasteiger partial charge in [0, 0.05) is 12.4 Å². The Hall–Kier alpha value is -1.99. The molecule has 1 heterocycles. The van der Waals surface area contributed by atoms with E-state index in [0.29, 0.717) is 6.07 Å². The van der Waals surface area contributed by atoms with E-state index < -0.39 is 29.2 Å². The first-order valence-corrected chi connectivity index (χ1v) is 4.98. The van der Waals surface area contributed by atoms with E-state index in [-0.39, 0.29) is 0 Å². The van der Waals surface area contributed by atoms with Crippen molar-refractivity contribution in [1.29, 1.82) is 0 Å². The third-order valence-corrected chi connectivity index (χ3v) is 2.38. The van der Waals surface area contributed by atoms with E-state index in [0.717, 1.165) is 23.0 Å². The minimum Gasteiger partial charge on any atom is -0.240 e. The predicted molar refractivity (Wildman–Crippen MR) is 53.6 cm³/mol. The minimum atomic E-state index is -5.13. The Morgan fingerprint density at radius 2 is 1.58 bits per heavy atom. The molecule has 0 aliphatic carbocycles. The molecular formula is C11H6F6N2. The molecule has 0 aliphatic heterocycles. The maximum absolute atomic E-state index is 12.9. The highest BCUT2D eigenvalue weighted by Gasteiger charge is 2.45.